The first-order valence-corrected chi connectivity index (χ1v) is 19.1. The summed E-state index contributed by atoms with van der Waals surface area (Å²) in [6.07, 6.45) is 3.91. The van der Waals surface area contributed by atoms with Crippen LogP contribution < -0.4 is 26.6 Å². The van der Waals surface area contributed by atoms with Gasteiger partial charge >= 0.3 is 0 Å². The van der Waals surface area contributed by atoms with E-state index in [1.165, 1.54) is 6.07 Å². The molecule has 4 aromatic carbocycles. The maximum absolute atomic E-state index is 13.3. The molecule has 294 valence electrons. The Kier molecular flexibility index (Phi) is 11.6. The van der Waals surface area contributed by atoms with E-state index in [0.717, 1.165) is 32.6 Å². The first kappa shape index (κ1) is 39.0. The van der Waals surface area contributed by atoms with Gasteiger partial charge in [-0.1, -0.05) is 48.9 Å². The second-order valence-electron chi connectivity index (χ2n) is 14.1. The molecule has 0 radical (unpaired) electrons. The third kappa shape index (κ3) is 8.31. The van der Waals surface area contributed by atoms with Gasteiger partial charge in [0.25, 0.3) is 23.6 Å². The molecule has 1 unspecified atom stereocenters. The minimum absolute atomic E-state index is 0.0243. The maximum atomic E-state index is 13.3. The highest BCUT2D eigenvalue weighted by Gasteiger charge is 2.45. The highest BCUT2D eigenvalue weighted by atomic mass is 16.2. The summed E-state index contributed by atoms with van der Waals surface area (Å²) in [5.74, 6) is -2.95. The van der Waals surface area contributed by atoms with Crippen LogP contribution in [0, 0.1) is 0 Å². The molecule has 1 saturated heterocycles. The fraction of sp³-hybridized carbons (Fsp3) is 0.227. The van der Waals surface area contributed by atoms with Gasteiger partial charge in [0.05, 0.1) is 34.4 Å². The Bertz CT molecular complexity index is 2450. The van der Waals surface area contributed by atoms with Gasteiger partial charge in [-0.3, -0.25) is 48.8 Å². The van der Waals surface area contributed by atoms with Crippen molar-refractivity contribution in [1.29, 1.82) is 0 Å². The third-order valence-corrected chi connectivity index (χ3v) is 10.2. The van der Waals surface area contributed by atoms with Crippen molar-refractivity contribution >= 4 is 69.2 Å². The zero-order valence-corrected chi connectivity index (χ0v) is 31.7. The number of hydrogen-bond donors (Lipinski definition) is 5. The van der Waals surface area contributed by atoms with Crippen LogP contribution in [0.4, 0.5) is 17.1 Å². The summed E-state index contributed by atoms with van der Waals surface area (Å²) in [6.45, 7) is 0.382. The van der Waals surface area contributed by atoms with Gasteiger partial charge in [-0.05, 0) is 78.9 Å². The van der Waals surface area contributed by atoms with Gasteiger partial charge in [-0.25, -0.2) is 0 Å². The van der Waals surface area contributed by atoms with E-state index in [2.05, 4.69) is 31.6 Å². The topological polar surface area (TPSA) is 196 Å². The summed E-state index contributed by atoms with van der Waals surface area (Å²) in [6, 6.07) is 26.3. The van der Waals surface area contributed by atoms with Crippen LogP contribution in [-0.2, 0) is 14.4 Å². The number of piperidine rings is 1. The number of carbonyl (C=O) groups is 7. The first-order valence-electron chi connectivity index (χ1n) is 19.1. The molecule has 0 saturated carbocycles. The number of para-hydroxylation sites is 1. The number of aromatic nitrogens is 1. The largest absolute Gasteiger partial charge is 0.377 e. The van der Waals surface area contributed by atoms with Gasteiger partial charge < -0.3 is 21.3 Å². The summed E-state index contributed by atoms with van der Waals surface area (Å²) in [5, 5.41) is 15.0. The maximum Gasteiger partial charge on any atom is 0.264 e. The highest BCUT2D eigenvalue weighted by molar-refractivity contribution is 6.25. The molecule has 0 aliphatic carbocycles. The average molecular weight is 780 g/mol. The number of carbonyl (C=O) groups excluding carboxylic acids is 7. The highest BCUT2D eigenvalue weighted by Crippen LogP contribution is 2.34. The fourth-order valence-corrected chi connectivity index (χ4v) is 7.17. The Morgan fingerprint density at radius 1 is 0.828 bits per heavy atom. The van der Waals surface area contributed by atoms with Crippen molar-refractivity contribution in [2.45, 2.75) is 44.6 Å². The molecule has 2 aliphatic heterocycles. The van der Waals surface area contributed by atoms with E-state index >= 15 is 0 Å². The Balaban J connectivity index is 0.879. The molecule has 0 bridgehead atoms. The number of ketones is 1. The molecule has 0 spiro atoms. The predicted octanol–water partition coefficient (Wildman–Crippen LogP) is 5.38. The summed E-state index contributed by atoms with van der Waals surface area (Å²) >= 11 is 0. The average Bonchev–Trinajstić information content (AvgIpc) is 3.50. The van der Waals surface area contributed by atoms with Crippen LogP contribution >= 0.6 is 0 Å². The predicted molar refractivity (Wildman–Crippen MR) is 218 cm³/mol. The molecule has 1 atom stereocenters. The summed E-state index contributed by atoms with van der Waals surface area (Å²) in [5.41, 5.74) is 5.46. The lowest BCUT2D eigenvalue weighted by molar-refractivity contribution is -0.136. The zero-order valence-electron chi connectivity index (χ0n) is 31.7. The van der Waals surface area contributed by atoms with Crippen molar-refractivity contribution in [2.24, 2.45) is 0 Å². The molecular weight excluding hydrogens is 739 g/mol. The molecule has 14 heteroatoms. The van der Waals surface area contributed by atoms with Crippen LogP contribution in [0.1, 0.15) is 80.0 Å². The SMILES string of the molecule is CNC(=O)c1cnc2ccc(-c3ccc(C(=O)NCCCCCC(=O)CNc4cccc5c4C(=O)N(C4CCC(=O)NC4=O)C5=O)cc3)cc2c1Nc1ccccc1. The minimum atomic E-state index is -1.07. The van der Waals surface area contributed by atoms with E-state index < -0.39 is 29.7 Å². The van der Waals surface area contributed by atoms with Gasteiger partial charge in [0.15, 0.2) is 5.78 Å². The Morgan fingerprint density at radius 3 is 2.36 bits per heavy atom. The second-order valence-corrected chi connectivity index (χ2v) is 14.1. The number of anilines is 3. The van der Waals surface area contributed by atoms with Crippen LogP contribution in [0.2, 0.25) is 0 Å². The van der Waals surface area contributed by atoms with Gasteiger partial charge in [-0.15, -0.1) is 0 Å². The molecule has 6 amide bonds. The number of unbranched alkanes of at least 4 members (excludes halogenated alkanes) is 2. The van der Waals surface area contributed by atoms with Crippen molar-refractivity contribution in [3.63, 3.8) is 0 Å². The van der Waals surface area contributed by atoms with Gasteiger partial charge in [0, 0.05) is 55.0 Å². The normalized spacial score (nSPS) is 14.8. The smallest absolute Gasteiger partial charge is 0.264 e. The van der Waals surface area contributed by atoms with Crippen LogP contribution in [0.15, 0.2) is 97.2 Å². The van der Waals surface area contributed by atoms with E-state index in [0.29, 0.717) is 48.3 Å². The number of rotatable bonds is 15. The standard InChI is InChI=1S/C44H41N7O7/c1-45-41(55)33-25-48-34-19-18-28(23-32(34)39(33)49-29-9-4-2-5-10-29)26-14-16-27(17-15-26)40(54)46-22-7-3-6-11-30(52)24-47-35-13-8-12-31-38(35)44(58)51(43(31)57)36-20-21-37(53)50-42(36)56/h2,4-5,8-10,12-19,23,25,36,47H,3,6-7,11,20-22,24H2,1H3,(H,45,55)(H,46,54)(H,48,49)(H,50,53,56). The van der Waals surface area contributed by atoms with E-state index in [1.54, 1.807) is 37.5 Å². The third-order valence-electron chi connectivity index (χ3n) is 10.2. The number of nitrogens with one attached hydrogen (secondary N) is 5. The number of amides is 6. The van der Waals surface area contributed by atoms with E-state index in [9.17, 15) is 33.6 Å². The molecule has 58 heavy (non-hydrogen) atoms. The van der Waals surface area contributed by atoms with Crippen molar-refractivity contribution in [3.8, 4) is 11.1 Å². The zero-order chi connectivity index (χ0) is 40.8. The molecule has 5 N–H and O–H groups in total. The number of hydrogen-bond acceptors (Lipinski definition) is 10. The van der Waals surface area contributed by atoms with Crippen LogP contribution in [-0.4, -0.2) is 77.3 Å². The molecule has 2 aliphatic rings. The van der Waals surface area contributed by atoms with Gasteiger partial charge in [0.1, 0.15) is 6.04 Å². The molecule has 1 fully saturated rings. The summed E-state index contributed by atoms with van der Waals surface area (Å²) in [7, 11) is 1.58. The van der Waals surface area contributed by atoms with Crippen molar-refractivity contribution in [2.75, 3.05) is 30.8 Å². The lowest BCUT2D eigenvalue weighted by Gasteiger charge is -2.27. The van der Waals surface area contributed by atoms with Gasteiger partial charge in [0.2, 0.25) is 11.8 Å². The molecule has 14 nitrogen and oxygen atoms in total. The number of benzene rings is 4. The Morgan fingerprint density at radius 2 is 1.60 bits per heavy atom. The lowest BCUT2D eigenvalue weighted by atomic mass is 9.99. The number of imide groups is 2. The van der Waals surface area contributed by atoms with Crippen LogP contribution in [0.25, 0.3) is 22.0 Å². The number of pyridine rings is 1. The van der Waals surface area contributed by atoms with Crippen LogP contribution in [0.3, 0.4) is 0 Å². The fourth-order valence-electron chi connectivity index (χ4n) is 7.17. The summed E-state index contributed by atoms with van der Waals surface area (Å²) < 4.78 is 0. The number of nitrogens with zero attached hydrogens (tertiary/aromatic N) is 2. The number of Topliss-reactive ketones (excluding diaryl/α,β-unsaturated/α-hetero) is 1. The molecular formula is C44H41N7O7. The Hall–Kier alpha value is -7.22. The first-order chi connectivity index (χ1) is 28.1. The quantitative estimate of drug-likeness (QED) is 0.0680. The van der Waals surface area contributed by atoms with Crippen molar-refractivity contribution in [3.05, 3.63) is 119 Å². The summed E-state index contributed by atoms with van der Waals surface area (Å²) in [4.78, 5) is 94.2. The molecule has 1 aromatic heterocycles. The molecule has 7 rings (SSSR count). The van der Waals surface area contributed by atoms with E-state index in [1.807, 2.05) is 60.7 Å². The lowest BCUT2D eigenvalue weighted by Crippen LogP contribution is -2.54. The van der Waals surface area contributed by atoms with Crippen molar-refractivity contribution in [1.82, 2.24) is 25.8 Å². The minimum Gasteiger partial charge on any atom is -0.377 e. The second kappa shape index (κ2) is 17.3. The Labute approximate surface area is 333 Å². The molecule has 3 heterocycles. The molecule has 5 aromatic rings. The van der Waals surface area contributed by atoms with Gasteiger partial charge in [-0.2, -0.15) is 0 Å². The van der Waals surface area contributed by atoms with Crippen molar-refractivity contribution < 1.29 is 33.6 Å². The number of fused-ring (bicyclic) bond motifs is 2. The van der Waals surface area contributed by atoms with Crippen LogP contribution in [0.5, 0.6) is 0 Å². The monoisotopic (exact) mass is 779 g/mol. The van der Waals surface area contributed by atoms with E-state index in [-0.39, 0.29) is 54.5 Å². The van der Waals surface area contributed by atoms with E-state index in [4.69, 9.17) is 0 Å².